The molecule has 152 valence electrons. The molecule has 2 rings (SSSR count). The summed E-state index contributed by atoms with van der Waals surface area (Å²) in [4.78, 5) is 12.4. The Morgan fingerprint density at radius 3 is 2.25 bits per heavy atom. The molecule has 0 radical (unpaired) electrons. The molecule has 7 heteroatoms. The Morgan fingerprint density at radius 1 is 1.07 bits per heavy atom. The van der Waals surface area contributed by atoms with Crippen LogP contribution in [0.15, 0.2) is 47.4 Å². The van der Waals surface area contributed by atoms with Crippen molar-refractivity contribution in [2.24, 2.45) is 5.92 Å². The number of aryl methyl sites for hydroxylation is 1. The van der Waals surface area contributed by atoms with Gasteiger partial charge in [0.1, 0.15) is 10.6 Å². The molecular weight excluding hydrogens is 376 g/mol. The van der Waals surface area contributed by atoms with Crippen LogP contribution in [0.4, 0.5) is 5.69 Å². The van der Waals surface area contributed by atoms with Crippen molar-refractivity contribution in [1.29, 1.82) is 0 Å². The minimum atomic E-state index is -3.93. The zero-order chi connectivity index (χ0) is 20.9. The van der Waals surface area contributed by atoms with Gasteiger partial charge in [-0.3, -0.25) is 9.52 Å². The van der Waals surface area contributed by atoms with E-state index < -0.39 is 10.0 Å². The van der Waals surface area contributed by atoms with Crippen LogP contribution in [0, 0.1) is 5.92 Å². The number of amides is 1. The third-order valence-corrected chi connectivity index (χ3v) is 6.09. The highest BCUT2D eigenvalue weighted by Gasteiger charge is 2.22. The quantitative estimate of drug-likeness (QED) is 0.700. The molecular formula is C21H28N2O4S. The van der Waals surface area contributed by atoms with Crippen LogP contribution in [0.25, 0.3) is 0 Å². The number of hydrogen-bond acceptors (Lipinski definition) is 4. The number of rotatable bonds is 8. The van der Waals surface area contributed by atoms with E-state index in [1.54, 1.807) is 18.2 Å². The fourth-order valence-electron chi connectivity index (χ4n) is 2.50. The van der Waals surface area contributed by atoms with Gasteiger partial charge in [0.25, 0.3) is 15.9 Å². The molecule has 0 aromatic heterocycles. The van der Waals surface area contributed by atoms with Gasteiger partial charge in [-0.25, -0.2) is 8.42 Å². The maximum atomic E-state index is 12.9. The number of benzene rings is 2. The summed E-state index contributed by atoms with van der Waals surface area (Å²) in [6.07, 6.45) is 0.868. The molecule has 0 fully saturated rings. The van der Waals surface area contributed by atoms with Crippen LogP contribution in [0.3, 0.4) is 0 Å². The molecule has 2 aromatic carbocycles. The summed E-state index contributed by atoms with van der Waals surface area (Å²) in [6, 6.07) is 11.5. The van der Waals surface area contributed by atoms with Crippen LogP contribution in [-0.4, -0.2) is 27.5 Å². The fraction of sp³-hybridized carbons (Fsp3) is 0.381. The second-order valence-corrected chi connectivity index (χ2v) is 8.68. The second-order valence-electron chi connectivity index (χ2n) is 7.03. The van der Waals surface area contributed by atoms with E-state index in [1.807, 2.05) is 39.8 Å². The zero-order valence-corrected chi connectivity index (χ0v) is 17.8. The van der Waals surface area contributed by atoms with E-state index >= 15 is 0 Å². The third kappa shape index (κ3) is 5.25. The summed E-state index contributed by atoms with van der Waals surface area (Å²) >= 11 is 0. The van der Waals surface area contributed by atoms with Gasteiger partial charge in [-0.15, -0.1) is 0 Å². The molecule has 1 unspecified atom stereocenters. The van der Waals surface area contributed by atoms with Crippen molar-refractivity contribution in [3.8, 4) is 5.75 Å². The van der Waals surface area contributed by atoms with E-state index in [-0.39, 0.29) is 34.1 Å². The lowest BCUT2D eigenvalue weighted by Gasteiger charge is -2.18. The van der Waals surface area contributed by atoms with Gasteiger partial charge in [-0.2, -0.15) is 0 Å². The molecule has 6 nitrogen and oxygen atoms in total. The maximum absolute atomic E-state index is 12.9. The third-order valence-electron chi connectivity index (χ3n) is 4.69. The van der Waals surface area contributed by atoms with Crippen LogP contribution in [-0.2, 0) is 16.4 Å². The van der Waals surface area contributed by atoms with Crippen LogP contribution < -0.4 is 14.8 Å². The summed E-state index contributed by atoms with van der Waals surface area (Å²) in [7, 11) is -2.54. The average Bonchev–Trinajstić information content (AvgIpc) is 2.67. The lowest BCUT2D eigenvalue weighted by atomic mass is 10.1. The van der Waals surface area contributed by atoms with Crippen LogP contribution in [0.5, 0.6) is 5.75 Å². The number of hydrogen-bond donors (Lipinski definition) is 2. The summed E-state index contributed by atoms with van der Waals surface area (Å²) < 4.78 is 33.6. The Kier molecular flexibility index (Phi) is 7.07. The Morgan fingerprint density at radius 2 is 1.71 bits per heavy atom. The van der Waals surface area contributed by atoms with E-state index in [0.29, 0.717) is 5.69 Å². The van der Waals surface area contributed by atoms with Crippen molar-refractivity contribution < 1.29 is 17.9 Å². The van der Waals surface area contributed by atoms with Gasteiger partial charge in [0.05, 0.1) is 7.11 Å². The highest BCUT2D eigenvalue weighted by Crippen LogP contribution is 2.27. The number of carbonyl (C=O) groups excluding carboxylic acids is 1. The van der Waals surface area contributed by atoms with Gasteiger partial charge in [-0.05, 0) is 55.2 Å². The predicted molar refractivity (Wildman–Crippen MR) is 111 cm³/mol. The molecule has 1 amide bonds. The summed E-state index contributed by atoms with van der Waals surface area (Å²) in [6.45, 7) is 7.94. The summed E-state index contributed by atoms with van der Waals surface area (Å²) in [5, 5.41) is 2.88. The lowest BCUT2D eigenvalue weighted by Crippen LogP contribution is -2.36. The minimum absolute atomic E-state index is 0.0372. The molecule has 0 saturated heterocycles. The molecule has 0 aliphatic rings. The normalized spacial score (nSPS) is 12.5. The van der Waals surface area contributed by atoms with Crippen LogP contribution >= 0.6 is 0 Å². The van der Waals surface area contributed by atoms with E-state index in [2.05, 4.69) is 10.0 Å². The molecule has 2 aromatic rings. The van der Waals surface area contributed by atoms with Crippen molar-refractivity contribution in [3.63, 3.8) is 0 Å². The first-order valence-electron chi connectivity index (χ1n) is 9.28. The monoisotopic (exact) mass is 404 g/mol. The van der Waals surface area contributed by atoms with Gasteiger partial charge in [0, 0.05) is 17.3 Å². The molecule has 0 saturated carbocycles. The number of nitrogens with one attached hydrogen (secondary N) is 2. The van der Waals surface area contributed by atoms with E-state index in [9.17, 15) is 13.2 Å². The fourth-order valence-corrected chi connectivity index (χ4v) is 3.76. The van der Waals surface area contributed by atoms with Crippen molar-refractivity contribution in [2.75, 3.05) is 11.8 Å². The molecule has 0 spiro atoms. The second kappa shape index (κ2) is 9.10. The van der Waals surface area contributed by atoms with Crippen LogP contribution in [0.2, 0.25) is 0 Å². The standard InChI is InChI=1S/C21H28N2O4S/c1-6-16-7-10-18(11-8-16)23-28(25,26)20-13-17(9-12-19(20)27-5)21(24)22-15(4)14(2)3/h7-15,23H,6H2,1-5H3,(H,22,24). The van der Waals surface area contributed by atoms with Gasteiger partial charge < -0.3 is 10.1 Å². The first kappa shape index (κ1) is 21.8. The van der Waals surface area contributed by atoms with Gasteiger partial charge >= 0.3 is 0 Å². The smallest absolute Gasteiger partial charge is 0.265 e. The average molecular weight is 405 g/mol. The molecule has 0 aliphatic carbocycles. The molecule has 0 heterocycles. The van der Waals surface area contributed by atoms with Gasteiger partial charge in [-0.1, -0.05) is 32.9 Å². The summed E-state index contributed by atoms with van der Waals surface area (Å²) in [5.74, 6) is 0.108. The number of anilines is 1. The predicted octanol–water partition coefficient (Wildman–Crippen LogP) is 3.83. The van der Waals surface area contributed by atoms with Crippen molar-refractivity contribution in [3.05, 3.63) is 53.6 Å². The topological polar surface area (TPSA) is 84.5 Å². The first-order chi connectivity index (χ1) is 13.2. The molecule has 1 atom stereocenters. The lowest BCUT2D eigenvalue weighted by molar-refractivity contribution is 0.0930. The number of carbonyl (C=O) groups is 1. The number of ether oxygens (including phenoxy) is 1. The van der Waals surface area contributed by atoms with Gasteiger partial charge in [0.15, 0.2) is 0 Å². The van der Waals surface area contributed by atoms with Crippen molar-refractivity contribution in [2.45, 2.75) is 45.1 Å². The van der Waals surface area contributed by atoms with Crippen molar-refractivity contribution >= 4 is 21.6 Å². The SMILES string of the molecule is CCc1ccc(NS(=O)(=O)c2cc(C(=O)NC(C)C(C)C)ccc2OC)cc1. The molecule has 0 bridgehead atoms. The minimum Gasteiger partial charge on any atom is -0.495 e. The molecule has 2 N–H and O–H groups in total. The zero-order valence-electron chi connectivity index (χ0n) is 16.9. The van der Waals surface area contributed by atoms with E-state index in [4.69, 9.17) is 4.74 Å². The maximum Gasteiger partial charge on any atom is 0.265 e. The summed E-state index contributed by atoms with van der Waals surface area (Å²) in [5.41, 5.74) is 1.82. The highest BCUT2D eigenvalue weighted by atomic mass is 32.2. The largest absolute Gasteiger partial charge is 0.495 e. The first-order valence-corrected chi connectivity index (χ1v) is 10.8. The Balaban J connectivity index is 2.34. The van der Waals surface area contributed by atoms with E-state index in [1.165, 1.54) is 19.2 Å². The Bertz CT molecular complexity index is 922. The van der Waals surface area contributed by atoms with Gasteiger partial charge in [0.2, 0.25) is 0 Å². The van der Waals surface area contributed by atoms with E-state index in [0.717, 1.165) is 12.0 Å². The number of sulfonamides is 1. The molecule has 28 heavy (non-hydrogen) atoms. The number of methoxy groups -OCH3 is 1. The van der Waals surface area contributed by atoms with Crippen LogP contribution in [0.1, 0.15) is 43.6 Å². The molecule has 0 aliphatic heterocycles. The Labute approximate surface area is 167 Å². The van der Waals surface area contributed by atoms with Crippen molar-refractivity contribution in [1.82, 2.24) is 5.32 Å². The highest BCUT2D eigenvalue weighted by molar-refractivity contribution is 7.92. The Hall–Kier alpha value is -2.54.